The van der Waals surface area contributed by atoms with E-state index in [4.69, 9.17) is 15.7 Å². The Morgan fingerprint density at radius 1 is 1.39 bits per heavy atom. The summed E-state index contributed by atoms with van der Waals surface area (Å²) in [6, 6.07) is 0. The first-order chi connectivity index (χ1) is 8.49. The maximum Gasteiger partial charge on any atom is 0.236 e. The summed E-state index contributed by atoms with van der Waals surface area (Å²) in [5.74, 6) is -0.164. The molecule has 0 unspecified atom stereocenters. The zero-order valence-electron chi connectivity index (χ0n) is 11.8. The van der Waals surface area contributed by atoms with E-state index in [2.05, 4.69) is 5.16 Å². The van der Waals surface area contributed by atoms with Crippen LogP contribution in [0.4, 0.5) is 0 Å². The van der Waals surface area contributed by atoms with Crippen molar-refractivity contribution in [1.82, 2.24) is 4.90 Å². The quantitative estimate of drug-likeness (QED) is 0.224. The molecular formula is C12H25N3O3. The average Bonchev–Trinajstić information content (AvgIpc) is 2.40. The van der Waals surface area contributed by atoms with E-state index in [0.717, 1.165) is 0 Å². The van der Waals surface area contributed by atoms with Crippen LogP contribution in [0.15, 0.2) is 5.16 Å². The fourth-order valence-corrected chi connectivity index (χ4v) is 1.93. The molecule has 0 spiro atoms. The highest BCUT2D eigenvalue weighted by Crippen LogP contribution is 2.29. The minimum absolute atomic E-state index is 0.0271. The number of rotatable bonds is 8. The SMILES string of the molecule is CCOCCN(C)C(=O)C(CC)(CC)C(N)=NO. The number of carbonyl (C=O) groups excluding carboxylic acids is 1. The molecule has 0 bridgehead atoms. The smallest absolute Gasteiger partial charge is 0.236 e. The van der Waals surface area contributed by atoms with E-state index >= 15 is 0 Å². The van der Waals surface area contributed by atoms with Gasteiger partial charge in [0, 0.05) is 20.2 Å². The third-order valence-corrected chi connectivity index (χ3v) is 3.34. The molecule has 0 saturated carbocycles. The lowest BCUT2D eigenvalue weighted by Crippen LogP contribution is -2.50. The molecular weight excluding hydrogens is 234 g/mol. The van der Waals surface area contributed by atoms with Gasteiger partial charge in [-0.2, -0.15) is 0 Å². The number of hydrogen-bond donors (Lipinski definition) is 2. The van der Waals surface area contributed by atoms with Crippen molar-refractivity contribution < 1.29 is 14.7 Å². The topological polar surface area (TPSA) is 88.2 Å². The van der Waals surface area contributed by atoms with Gasteiger partial charge in [-0.25, -0.2) is 0 Å². The molecule has 0 aromatic rings. The first kappa shape index (κ1) is 16.7. The van der Waals surface area contributed by atoms with E-state index in [9.17, 15) is 4.79 Å². The third-order valence-electron chi connectivity index (χ3n) is 3.34. The number of nitrogens with two attached hydrogens (primary N) is 1. The molecule has 1 amide bonds. The van der Waals surface area contributed by atoms with Crippen LogP contribution in [0.25, 0.3) is 0 Å². The molecule has 6 heteroatoms. The van der Waals surface area contributed by atoms with Crippen LogP contribution in [0.5, 0.6) is 0 Å². The molecule has 18 heavy (non-hydrogen) atoms. The zero-order valence-corrected chi connectivity index (χ0v) is 11.8. The van der Waals surface area contributed by atoms with E-state index in [-0.39, 0.29) is 11.7 Å². The highest BCUT2D eigenvalue weighted by atomic mass is 16.5. The molecule has 0 radical (unpaired) electrons. The Labute approximate surface area is 109 Å². The summed E-state index contributed by atoms with van der Waals surface area (Å²) < 4.78 is 5.22. The Bertz CT molecular complexity index is 288. The number of ether oxygens (including phenoxy) is 1. The second-order valence-electron chi connectivity index (χ2n) is 4.20. The first-order valence-corrected chi connectivity index (χ1v) is 6.31. The highest BCUT2D eigenvalue weighted by Gasteiger charge is 2.41. The van der Waals surface area contributed by atoms with Gasteiger partial charge < -0.3 is 20.6 Å². The van der Waals surface area contributed by atoms with Crippen LogP contribution in [0.2, 0.25) is 0 Å². The standard InChI is InChI=1S/C12H25N3O3/c1-5-12(6-2,10(13)14-17)11(16)15(4)8-9-18-7-3/h17H,5-9H2,1-4H3,(H2,13,14). The fraction of sp³-hybridized carbons (Fsp3) is 0.833. The third kappa shape index (κ3) is 3.60. The van der Waals surface area contributed by atoms with Crippen LogP contribution < -0.4 is 5.73 Å². The molecule has 0 aromatic carbocycles. The maximum atomic E-state index is 12.4. The zero-order chi connectivity index (χ0) is 14.2. The van der Waals surface area contributed by atoms with Gasteiger partial charge in [-0.3, -0.25) is 4.79 Å². The molecule has 6 nitrogen and oxygen atoms in total. The minimum Gasteiger partial charge on any atom is -0.409 e. The number of oxime groups is 1. The van der Waals surface area contributed by atoms with Crippen LogP contribution >= 0.6 is 0 Å². The van der Waals surface area contributed by atoms with Gasteiger partial charge >= 0.3 is 0 Å². The minimum atomic E-state index is -0.921. The van der Waals surface area contributed by atoms with Crippen LogP contribution in [0.1, 0.15) is 33.6 Å². The number of likely N-dealkylation sites (N-methyl/N-ethyl adjacent to an activating group) is 1. The number of nitrogens with zero attached hydrogens (tertiary/aromatic N) is 2. The van der Waals surface area contributed by atoms with Gasteiger partial charge in [-0.1, -0.05) is 19.0 Å². The average molecular weight is 259 g/mol. The molecule has 0 aliphatic rings. The second kappa shape index (κ2) is 7.92. The van der Waals surface area contributed by atoms with Crippen LogP contribution in [0, 0.1) is 5.41 Å². The largest absolute Gasteiger partial charge is 0.409 e. The predicted molar refractivity (Wildman–Crippen MR) is 70.6 cm³/mol. The lowest BCUT2D eigenvalue weighted by atomic mass is 9.79. The van der Waals surface area contributed by atoms with E-state index in [1.54, 1.807) is 11.9 Å². The molecule has 0 rings (SSSR count). The van der Waals surface area contributed by atoms with Crippen LogP contribution in [-0.2, 0) is 9.53 Å². The molecule has 0 heterocycles. The Balaban J connectivity index is 4.86. The number of amides is 1. The monoisotopic (exact) mass is 259 g/mol. The van der Waals surface area contributed by atoms with Gasteiger partial charge in [0.2, 0.25) is 5.91 Å². The normalized spacial score (nSPS) is 12.6. The molecule has 0 aliphatic heterocycles. The predicted octanol–water partition coefficient (Wildman–Crippen LogP) is 1.03. The molecule has 0 saturated heterocycles. The Morgan fingerprint density at radius 3 is 2.33 bits per heavy atom. The summed E-state index contributed by atoms with van der Waals surface area (Å²) in [6.07, 6.45) is 0.994. The summed E-state index contributed by atoms with van der Waals surface area (Å²) in [5, 5.41) is 11.9. The van der Waals surface area contributed by atoms with Crippen molar-refractivity contribution in [2.75, 3.05) is 26.8 Å². The lowest BCUT2D eigenvalue weighted by Gasteiger charge is -2.33. The number of hydrogen-bond acceptors (Lipinski definition) is 4. The molecule has 3 N–H and O–H groups in total. The van der Waals surface area contributed by atoms with Gasteiger partial charge in [0.15, 0.2) is 5.84 Å². The van der Waals surface area contributed by atoms with E-state index in [1.165, 1.54) is 0 Å². The Morgan fingerprint density at radius 2 is 1.94 bits per heavy atom. The van der Waals surface area contributed by atoms with Crippen molar-refractivity contribution in [2.24, 2.45) is 16.3 Å². The van der Waals surface area contributed by atoms with Crippen molar-refractivity contribution in [3.8, 4) is 0 Å². The number of carbonyl (C=O) groups is 1. The van der Waals surface area contributed by atoms with E-state index in [1.807, 2.05) is 20.8 Å². The highest BCUT2D eigenvalue weighted by molar-refractivity contribution is 6.06. The van der Waals surface area contributed by atoms with Gasteiger partial charge in [0.05, 0.1) is 6.61 Å². The van der Waals surface area contributed by atoms with Gasteiger partial charge in [0.1, 0.15) is 5.41 Å². The summed E-state index contributed by atoms with van der Waals surface area (Å²) >= 11 is 0. The molecule has 0 aromatic heterocycles. The fourth-order valence-electron chi connectivity index (χ4n) is 1.93. The van der Waals surface area contributed by atoms with Crippen molar-refractivity contribution in [1.29, 1.82) is 0 Å². The van der Waals surface area contributed by atoms with Gasteiger partial charge in [0.25, 0.3) is 0 Å². The Kier molecular flexibility index (Phi) is 7.35. The van der Waals surface area contributed by atoms with Crippen LogP contribution in [-0.4, -0.2) is 48.7 Å². The van der Waals surface area contributed by atoms with E-state index < -0.39 is 5.41 Å². The second-order valence-corrected chi connectivity index (χ2v) is 4.20. The van der Waals surface area contributed by atoms with Crippen molar-refractivity contribution in [2.45, 2.75) is 33.6 Å². The van der Waals surface area contributed by atoms with Gasteiger partial charge in [-0.15, -0.1) is 0 Å². The molecule has 0 atom stereocenters. The van der Waals surface area contributed by atoms with Crippen molar-refractivity contribution in [3.63, 3.8) is 0 Å². The molecule has 106 valence electrons. The first-order valence-electron chi connectivity index (χ1n) is 6.31. The lowest BCUT2D eigenvalue weighted by molar-refractivity contribution is -0.138. The summed E-state index contributed by atoms with van der Waals surface area (Å²) in [7, 11) is 1.70. The Hall–Kier alpha value is -1.30. The molecule has 0 aliphatic carbocycles. The summed E-state index contributed by atoms with van der Waals surface area (Å²) in [5.41, 5.74) is 4.77. The van der Waals surface area contributed by atoms with E-state index in [0.29, 0.717) is 32.6 Å². The van der Waals surface area contributed by atoms with Crippen molar-refractivity contribution in [3.05, 3.63) is 0 Å². The van der Waals surface area contributed by atoms with Gasteiger partial charge in [-0.05, 0) is 19.8 Å². The molecule has 0 fully saturated rings. The van der Waals surface area contributed by atoms with Crippen LogP contribution in [0.3, 0.4) is 0 Å². The summed E-state index contributed by atoms with van der Waals surface area (Å²) in [4.78, 5) is 14.0. The van der Waals surface area contributed by atoms with Crippen molar-refractivity contribution >= 4 is 11.7 Å². The maximum absolute atomic E-state index is 12.4. The summed E-state index contributed by atoms with van der Waals surface area (Å²) in [6.45, 7) is 7.22. The number of amidine groups is 1.